The molecule has 0 bridgehead atoms. The van der Waals surface area contributed by atoms with Gasteiger partial charge in [0.1, 0.15) is 11.6 Å². The molecule has 0 radical (unpaired) electrons. The standard InChI is InChI=1S/C20H21FN4O3.C20H23FN4O2/c21-14-1-2-16-17(11-22-18(16)9-14)13-10-23-25(12-13)15-5-7-24(8-6-15)19(26)3-4-20(27)28;1-27-9-6-20(26)24-7-4-16(5-8-24)25-13-14(11-23-25)18-12-22-19-10-15(21)2-3-17(18)19/h1-2,9-12,15,22H,3-8H2,(H,27,28);2-3,10-13,16,22H,4-9H2,1H3. The third-order valence-corrected chi connectivity index (χ3v) is 10.6. The van der Waals surface area contributed by atoms with E-state index < -0.39 is 5.97 Å². The van der Waals surface area contributed by atoms with E-state index in [1.165, 1.54) is 24.3 Å². The molecule has 3 N–H and O–H groups in total. The number of aromatic amines is 2. The van der Waals surface area contributed by atoms with Gasteiger partial charge in [0.05, 0.1) is 43.9 Å². The van der Waals surface area contributed by atoms with Gasteiger partial charge in [-0.1, -0.05) is 0 Å². The van der Waals surface area contributed by atoms with Crippen LogP contribution < -0.4 is 0 Å². The van der Waals surface area contributed by atoms with Gasteiger partial charge in [-0.15, -0.1) is 0 Å². The smallest absolute Gasteiger partial charge is 0.303 e. The number of nitrogens with one attached hydrogen (secondary N) is 2. The van der Waals surface area contributed by atoms with E-state index in [0.29, 0.717) is 26.1 Å². The number of halogens is 2. The normalized spacial score (nSPS) is 15.4. The van der Waals surface area contributed by atoms with Crippen LogP contribution in [0.5, 0.6) is 0 Å². The summed E-state index contributed by atoms with van der Waals surface area (Å²) in [5, 5.41) is 19.7. The van der Waals surface area contributed by atoms with E-state index in [9.17, 15) is 23.2 Å². The number of H-pyrrole nitrogens is 2. The molecule has 2 fully saturated rings. The first-order chi connectivity index (χ1) is 26.7. The number of fused-ring (bicyclic) bond motifs is 2. The second-order valence-electron chi connectivity index (χ2n) is 14.1. The van der Waals surface area contributed by atoms with Crippen molar-refractivity contribution in [2.45, 2.75) is 57.0 Å². The summed E-state index contributed by atoms with van der Waals surface area (Å²) in [5.74, 6) is -1.43. The van der Waals surface area contributed by atoms with Crippen LogP contribution in [0.15, 0.2) is 73.6 Å². The zero-order valence-corrected chi connectivity index (χ0v) is 30.6. The van der Waals surface area contributed by atoms with E-state index in [1.807, 2.05) is 45.2 Å². The number of hydrogen-bond donors (Lipinski definition) is 3. The summed E-state index contributed by atoms with van der Waals surface area (Å²) >= 11 is 0. The number of nitrogens with zero attached hydrogens (tertiary/aromatic N) is 6. The summed E-state index contributed by atoms with van der Waals surface area (Å²) in [6, 6.07) is 9.92. The number of benzene rings is 2. The van der Waals surface area contributed by atoms with Crippen molar-refractivity contribution in [3.8, 4) is 22.3 Å². The number of ether oxygens (including phenoxy) is 1. The minimum Gasteiger partial charge on any atom is -0.481 e. The average Bonchev–Trinajstić information content (AvgIpc) is 4.02. The number of hydrogen-bond acceptors (Lipinski definition) is 6. The largest absolute Gasteiger partial charge is 0.481 e. The first kappa shape index (κ1) is 37.5. The molecule has 4 aromatic heterocycles. The topological polar surface area (TPSA) is 154 Å². The van der Waals surface area contributed by atoms with Gasteiger partial charge in [0.25, 0.3) is 0 Å². The Bertz CT molecular complexity index is 2280. The molecule has 6 aromatic rings. The fraction of sp³-hybridized carbons (Fsp3) is 0.375. The Balaban J connectivity index is 0.000000169. The van der Waals surface area contributed by atoms with Gasteiger partial charge in [-0.05, 0) is 62.1 Å². The maximum atomic E-state index is 13.4. The number of carbonyl (C=O) groups excluding carboxylic acids is 2. The summed E-state index contributed by atoms with van der Waals surface area (Å²) in [7, 11) is 1.61. The first-order valence-corrected chi connectivity index (χ1v) is 18.6. The van der Waals surface area contributed by atoms with E-state index in [4.69, 9.17) is 9.84 Å². The number of carbonyl (C=O) groups is 3. The number of methoxy groups -OCH3 is 1. The van der Waals surface area contributed by atoms with Crippen molar-refractivity contribution in [1.82, 2.24) is 39.3 Å². The molecule has 0 unspecified atom stereocenters. The predicted molar refractivity (Wildman–Crippen MR) is 202 cm³/mol. The summed E-state index contributed by atoms with van der Waals surface area (Å²) in [6.07, 6.45) is 15.1. The minimum absolute atomic E-state index is 0.0487. The lowest BCUT2D eigenvalue weighted by Gasteiger charge is -2.32. The van der Waals surface area contributed by atoms with E-state index in [0.717, 1.165) is 82.8 Å². The number of likely N-dealkylation sites (tertiary alicyclic amines) is 2. The first-order valence-electron chi connectivity index (χ1n) is 18.6. The van der Waals surface area contributed by atoms with Gasteiger partial charge in [-0.2, -0.15) is 10.2 Å². The van der Waals surface area contributed by atoms with Gasteiger partial charge >= 0.3 is 5.97 Å². The van der Waals surface area contributed by atoms with E-state index in [2.05, 4.69) is 20.2 Å². The Morgan fingerprint density at radius 1 is 0.727 bits per heavy atom. The summed E-state index contributed by atoms with van der Waals surface area (Å²) < 4.78 is 35.7. The van der Waals surface area contributed by atoms with Crippen molar-refractivity contribution in [2.75, 3.05) is 39.9 Å². The molecule has 0 atom stereocenters. The Morgan fingerprint density at radius 3 is 1.62 bits per heavy atom. The van der Waals surface area contributed by atoms with E-state index >= 15 is 0 Å². The molecule has 55 heavy (non-hydrogen) atoms. The molecule has 15 heteroatoms. The number of aromatic nitrogens is 6. The highest BCUT2D eigenvalue weighted by molar-refractivity contribution is 5.96. The van der Waals surface area contributed by atoms with Crippen LogP contribution in [-0.2, 0) is 19.1 Å². The maximum absolute atomic E-state index is 13.4. The Morgan fingerprint density at radius 2 is 1.18 bits per heavy atom. The number of carboxylic acid groups (broad SMARTS) is 1. The average molecular weight is 755 g/mol. The maximum Gasteiger partial charge on any atom is 0.303 e. The number of rotatable bonds is 10. The second-order valence-corrected chi connectivity index (χ2v) is 14.1. The molecule has 0 saturated carbocycles. The number of carboxylic acids is 1. The van der Waals surface area contributed by atoms with Crippen molar-refractivity contribution < 1.29 is 33.0 Å². The van der Waals surface area contributed by atoms with Crippen molar-refractivity contribution in [1.29, 1.82) is 0 Å². The molecule has 2 aromatic carbocycles. The van der Waals surface area contributed by atoms with Crippen LogP contribution in [0.3, 0.4) is 0 Å². The Hall–Kier alpha value is -5.83. The molecular weight excluding hydrogens is 710 g/mol. The van der Waals surface area contributed by atoms with Crippen molar-refractivity contribution in [3.63, 3.8) is 0 Å². The fourth-order valence-corrected chi connectivity index (χ4v) is 7.51. The molecule has 288 valence electrons. The molecule has 2 amide bonds. The SMILES string of the molecule is COCCC(=O)N1CCC(n2cc(-c3c[nH]c4cc(F)ccc34)cn2)CC1.O=C(O)CCC(=O)N1CCC(n2cc(-c3c[nH]c4cc(F)ccc34)cn2)CC1. The minimum atomic E-state index is -0.952. The lowest BCUT2D eigenvalue weighted by atomic mass is 10.0. The molecule has 8 rings (SSSR count). The quantitative estimate of drug-likeness (QED) is 0.143. The van der Waals surface area contributed by atoms with Gasteiger partial charge in [0.15, 0.2) is 0 Å². The number of piperidine rings is 2. The third kappa shape index (κ3) is 8.62. The molecule has 2 aliphatic heterocycles. The highest BCUT2D eigenvalue weighted by atomic mass is 19.1. The lowest BCUT2D eigenvalue weighted by molar-refractivity contribution is -0.141. The number of aliphatic carboxylic acids is 1. The monoisotopic (exact) mass is 754 g/mol. The summed E-state index contributed by atoms with van der Waals surface area (Å²) in [4.78, 5) is 44.6. The zero-order valence-electron chi connectivity index (χ0n) is 30.6. The highest BCUT2D eigenvalue weighted by Gasteiger charge is 2.26. The molecule has 0 aliphatic carbocycles. The third-order valence-electron chi connectivity index (χ3n) is 10.6. The van der Waals surface area contributed by atoms with Crippen LogP contribution in [0.4, 0.5) is 8.78 Å². The van der Waals surface area contributed by atoms with Gasteiger partial charge in [-0.3, -0.25) is 23.7 Å². The van der Waals surface area contributed by atoms with Gasteiger partial charge < -0.3 is 29.6 Å². The highest BCUT2D eigenvalue weighted by Crippen LogP contribution is 2.32. The van der Waals surface area contributed by atoms with Crippen molar-refractivity contribution in [3.05, 3.63) is 85.2 Å². The van der Waals surface area contributed by atoms with Crippen LogP contribution in [0.25, 0.3) is 44.1 Å². The summed E-state index contributed by atoms with van der Waals surface area (Å²) in [6.45, 7) is 3.16. The van der Waals surface area contributed by atoms with Gasteiger partial charge in [0.2, 0.25) is 11.8 Å². The van der Waals surface area contributed by atoms with Crippen molar-refractivity contribution >= 4 is 39.6 Å². The lowest BCUT2D eigenvalue weighted by Crippen LogP contribution is -2.39. The Kier molecular flexibility index (Phi) is 11.4. The van der Waals surface area contributed by atoms with Crippen LogP contribution in [-0.4, -0.2) is 102 Å². The molecule has 2 aliphatic rings. The molecule has 0 spiro atoms. The van der Waals surface area contributed by atoms with Crippen LogP contribution >= 0.6 is 0 Å². The molecular formula is C40H44F2N8O5. The molecule has 6 heterocycles. The van der Waals surface area contributed by atoms with Crippen molar-refractivity contribution in [2.24, 2.45) is 0 Å². The van der Waals surface area contributed by atoms with E-state index in [1.54, 1.807) is 30.3 Å². The van der Waals surface area contributed by atoms with Crippen LogP contribution in [0, 0.1) is 11.6 Å². The van der Waals surface area contributed by atoms with Gasteiger partial charge in [-0.25, -0.2) is 8.78 Å². The zero-order chi connectivity index (χ0) is 38.5. The fourth-order valence-electron chi connectivity index (χ4n) is 7.51. The predicted octanol–water partition coefficient (Wildman–Crippen LogP) is 6.57. The number of amides is 2. The van der Waals surface area contributed by atoms with Gasteiger partial charge in [0, 0.05) is 109 Å². The second kappa shape index (κ2) is 16.7. The summed E-state index contributed by atoms with van der Waals surface area (Å²) in [5.41, 5.74) is 5.48. The van der Waals surface area contributed by atoms with E-state index in [-0.39, 0.29) is 48.4 Å². The van der Waals surface area contributed by atoms with Crippen LogP contribution in [0.2, 0.25) is 0 Å². The molecule has 13 nitrogen and oxygen atoms in total. The molecule has 2 saturated heterocycles. The van der Waals surface area contributed by atoms with Crippen LogP contribution in [0.1, 0.15) is 57.0 Å². The Labute approximate surface area is 315 Å².